The number of ether oxygens (including phenoxy) is 2. The van der Waals surface area contributed by atoms with E-state index in [9.17, 15) is 13.5 Å². The van der Waals surface area contributed by atoms with Gasteiger partial charge in [-0.25, -0.2) is 8.42 Å². The van der Waals surface area contributed by atoms with Crippen molar-refractivity contribution in [3.63, 3.8) is 0 Å². The number of rotatable bonds is 4. The molecule has 2 N–H and O–H groups in total. The molecule has 100 valence electrons. The van der Waals surface area contributed by atoms with Crippen LogP contribution in [0.1, 0.15) is 6.42 Å². The summed E-state index contributed by atoms with van der Waals surface area (Å²) in [6, 6.07) is -0.396. The molecular formula is C10H19NO5S. The summed E-state index contributed by atoms with van der Waals surface area (Å²) >= 11 is 0. The van der Waals surface area contributed by atoms with E-state index in [1.807, 2.05) is 0 Å². The molecule has 7 heteroatoms. The number of aliphatic hydroxyl groups is 1. The van der Waals surface area contributed by atoms with Gasteiger partial charge in [-0.05, 0) is 0 Å². The van der Waals surface area contributed by atoms with Gasteiger partial charge in [0, 0.05) is 32.7 Å². The Labute approximate surface area is 101 Å². The molecule has 2 heterocycles. The average molecular weight is 265 g/mol. The highest BCUT2D eigenvalue weighted by molar-refractivity contribution is 7.91. The van der Waals surface area contributed by atoms with Crippen LogP contribution in [0.3, 0.4) is 0 Å². The zero-order chi connectivity index (χ0) is 12.5. The third-order valence-corrected chi connectivity index (χ3v) is 5.23. The minimum absolute atomic E-state index is 0.00514. The zero-order valence-corrected chi connectivity index (χ0v) is 10.7. The van der Waals surface area contributed by atoms with E-state index in [0.29, 0.717) is 19.8 Å². The summed E-state index contributed by atoms with van der Waals surface area (Å²) in [6.07, 6.45) is -0.0391. The summed E-state index contributed by atoms with van der Waals surface area (Å²) in [4.78, 5) is 0. The number of methoxy groups -OCH3 is 1. The van der Waals surface area contributed by atoms with Crippen LogP contribution in [-0.4, -0.2) is 69.6 Å². The molecule has 2 rings (SSSR count). The van der Waals surface area contributed by atoms with Crippen LogP contribution in [0.4, 0.5) is 0 Å². The maximum Gasteiger partial charge on any atom is 0.154 e. The number of sulfone groups is 1. The lowest BCUT2D eigenvalue weighted by Gasteiger charge is -2.28. The fourth-order valence-electron chi connectivity index (χ4n) is 2.30. The molecule has 0 aromatic carbocycles. The summed E-state index contributed by atoms with van der Waals surface area (Å²) in [5, 5.41) is 12.7. The SMILES string of the molecule is COC1(CNC2CS(=O)(=O)CC2O)CCOC1. The first-order valence-corrected chi connectivity index (χ1v) is 7.53. The van der Waals surface area contributed by atoms with Crippen LogP contribution < -0.4 is 5.32 Å². The van der Waals surface area contributed by atoms with Gasteiger partial charge in [-0.15, -0.1) is 0 Å². The molecule has 0 amide bonds. The molecule has 0 spiro atoms. The van der Waals surface area contributed by atoms with Crippen molar-refractivity contribution in [1.82, 2.24) is 5.32 Å². The van der Waals surface area contributed by atoms with Crippen LogP contribution in [0.25, 0.3) is 0 Å². The minimum Gasteiger partial charge on any atom is -0.390 e. The Morgan fingerprint density at radius 1 is 1.53 bits per heavy atom. The smallest absolute Gasteiger partial charge is 0.154 e. The number of hydrogen-bond acceptors (Lipinski definition) is 6. The highest BCUT2D eigenvalue weighted by Gasteiger charge is 2.40. The van der Waals surface area contributed by atoms with Gasteiger partial charge in [0.1, 0.15) is 5.60 Å². The molecule has 0 aromatic heterocycles. The van der Waals surface area contributed by atoms with Gasteiger partial charge in [0.25, 0.3) is 0 Å². The van der Waals surface area contributed by atoms with Gasteiger partial charge in [-0.1, -0.05) is 0 Å². The van der Waals surface area contributed by atoms with E-state index in [2.05, 4.69) is 5.32 Å². The predicted molar refractivity (Wildman–Crippen MR) is 61.6 cm³/mol. The molecule has 17 heavy (non-hydrogen) atoms. The van der Waals surface area contributed by atoms with Crippen molar-refractivity contribution in [2.45, 2.75) is 24.2 Å². The van der Waals surface area contributed by atoms with Crippen LogP contribution in [0.5, 0.6) is 0 Å². The largest absolute Gasteiger partial charge is 0.390 e. The molecular weight excluding hydrogens is 246 g/mol. The van der Waals surface area contributed by atoms with Crippen molar-refractivity contribution in [2.24, 2.45) is 0 Å². The molecule has 2 aliphatic rings. The third-order valence-electron chi connectivity index (χ3n) is 3.51. The van der Waals surface area contributed by atoms with Crippen molar-refractivity contribution in [3.05, 3.63) is 0 Å². The third kappa shape index (κ3) is 2.97. The molecule has 0 bridgehead atoms. The molecule has 2 saturated heterocycles. The molecule has 0 aromatic rings. The maximum absolute atomic E-state index is 11.3. The van der Waals surface area contributed by atoms with E-state index >= 15 is 0 Å². The Kier molecular flexibility index (Phi) is 3.74. The van der Waals surface area contributed by atoms with Crippen molar-refractivity contribution in [3.8, 4) is 0 Å². The second-order valence-electron chi connectivity index (χ2n) is 4.82. The molecule has 2 aliphatic heterocycles. The number of aliphatic hydroxyl groups excluding tert-OH is 1. The van der Waals surface area contributed by atoms with E-state index in [-0.39, 0.29) is 17.1 Å². The summed E-state index contributed by atoms with van der Waals surface area (Å²) in [5.41, 5.74) is -0.383. The lowest BCUT2D eigenvalue weighted by molar-refractivity contribution is -0.0193. The number of nitrogens with one attached hydrogen (secondary N) is 1. The normalized spacial score (nSPS) is 40.8. The summed E-state index contributed by atoms with van der Waals surface area (Å²) in [6.45, 7) is 1.66. The zero-order valence-electron chi connectivity index (χ0n) is 9.89. The van der Waals surface area contributed by atoms with Crippen molar-refractivity contribution < 1.29 is 23.0 Å². The first kappa shape index (κ1) is 13.2. The van der Waals surface area contributed by atoms with Crippen molar-refractivity contribution in [2.75, 3.05) is 38.4 Å². The van der Waals surface area contributed by atoms with Crippen LogP contribution in [0.15, 0.2) is 0 Å². The highest BCUT2D eigenvalue weighted by Crippen LogP contribution is 2.22. The quantitative estimate of drug-likeness (QED) is 0.646. The van der Waals surface area contributed by atoms with Gasteiger partial charge in [-0.3, -0.25) is 0 Å². The fraction of sp³-hybridized carbons (Fsp3) is 1.00. The van der Waals surface area contributed by atoms with Crippen LogP contribution in [-0.2, 0) is 19.3 Å². The molecule has 3 unspecified atom stereocenters. The highest BCUT2D eigenvalue weighted by atomic mass is 32.2. The maximum atomic E-state index is 11.3. The summed E-state index contributed by atoms with van der Waals surface area (Å²) < 4.78 is 33.4. The molecule has 0 saturated carbocycles. The minimum atomic E-state index is -3.10. The molecule has 0 radical (unpaired) electrons. The second kappa shape index (κ2) is 4.81. The van der Waals surface area contributed by atoms with Gasteiger partial charge in [0.2, 0.25) is 0 Å². The van der Waals surface area contributed by atoms with Crippen LogP contribution in [0, 0.1) is 0 Å². The van der Waals surface area contributed by atoms with E-state index in [0.717, 1.165) is 6.42 Å². The average Bonchev–Trinajstić information content (AvgIpc) is 2.81. The van der Waals surface area contributed by atoms with Crippen LogP contribution >= 0.6 is 0 Å². The topological polar surface area (TPSA) is 84.9 Å². The first-order chi connectivity index (χ1) is 7.96. The Morgan fingerprint density at radius 3 is 2.76 bits per heavy atom. The Balaban J connectivity index is 1.90. The standard InChI is InChI=1S/C10H19NO5S/c1-15-10(2-3-16-7-10)6-11-8-4-17(13,14)5-9(8)12/h8-9,11-12H,2-7H2,1H3. The fourth-order valence-corrected chi connectivity index (χ4v) is 4.08. The summed E-state index contributed by atoms with van der Waals surface area (Å²) in [7, 11) is -1.48. The van der Waals surface area contributed by atoms with E-state index in [4.69, 9.17) is 9.47 Å². The first-order valence-electron chi connectivity index (χ1n) is 5.71. The van der Waals surface area contributed by atoms with Gasteiger partial charge in [-0.2, -0.15) is 0 Å². The predicted octanol–water partition coefficient (Wildman–Crippen LogP) is -1.46. The molecule has 6 nitrogen and oxygen atoms in total. The van der Waals surface area contributed by atoms with Crippen LogP contribution in [0.2, 0.25) is 0 Å². The Hall–Kier alpha value is -0.210. The van der Waals surface area contributed by atoms with Crippen molar-refractivity contribution in [1.29, 1.82) is 0 Å². The van der Waals surface area contributed by atoms with Crippen molar-refractivity contribution >= 4 is 9.84 Å². The second-order valence-corrected chi connectivity index (χ2v) is 6.98. The Morgan fingerprint density at radius 2 is 2.29 bits per heavy atom. The van der Waals surface area contributed by atoms with Gasteiger partial charge < -0.3 is 19.9 Å². The Bertz CT molecular complexity index is 363. The lowest BCUT2D eigenvalue weighted by Crippen LogP contribution is -2.49. The monoisotopic (exact) mass is 265 g/mol. The van der Waals surface area contributed by atoms with Gasteiger partial charge in [0.15, 0.2) is 9.84 Å². The van der Waals surface area contributed by atoms with Gasteiger partial charge in [0.05, 0.1) is 24.2 Å². The van der Waals surface area contributed by atoms with E-state index < -0.39 is 22.0 Å². The molecule has 2 fully saturated rings. The lowest BCUT2D eigenvalue weighted by atomic mass is 10.0. The van der Waals surface area contributed by atoms with Gasteiger partial charge >= 0.3 is 0 Å². The van der Waals surface area contributed by atoms with E-state index in [1.54, 1.807) is 7.11 Å². The van der Waals surface area contributed by atoms with E-state index in [1.165, 1.54) is 0 Å². The molecule has 3 atom stereocenters. The summed E-state index contributed by atoms with van der Waals surface area (Å²) in [5.74, 6) is -0.157. The number of hydrogen-bond donors (Lipinski definition) is 2. The molecule has 0 aliphatic carbocycles.